The molecule has 0 amide bonds. The number of aryl methyl sites for hydroxylation is 1. The molecule has 1 aromatic heterocycles. The highest BCUT2D eigenvalue weighted by Crippen LogP contribution is 1.95. The first-order valence-electron chi connectivity index (χ1n) is 5.23. The number of rotatable bonds is 5. The standard InChI is InChI=1S/C10H19N5/c1-3-5-12-10(11)13-6-4-9-7-14-15(2)8-9/h7-8H,3-6H2,1-2H3,(H3,11,12,13). The van der Waals surface area contributed by atoms with Crippen molar-refractivity contribution in [3.63, 3.8) is 0 Å². The zero-order chi connectivity index (χ0) is 11.1. The van der Waals surface area contributed by atoms with Gasteiger partial charge in [0.2, 0.25) is 0 Å². The van der Waals surface area contributed by atoms with Crippen LogP contribution in [0.15, 0.2) is 17.4 Å². The van der Waals surface area contributed by atoms with Crippen LogP contribution in [0.2, 0.25) is 0 Å². The molecule has 1 rings (SSSR count). The summed E-state index contributed by atoms with van der Waals surface area (Å²) in [5.74, 6) is 0.528. The zero-order valence-corrected chi connectivity index (χ0v) is 9.40. The molecule has 5 nitrogen and oxygen atoms in total. The fourth-order valence-electron chi connectivity index (χ4n) is 1.22. The van der Waals surface area contributed by atoms with E-state index in [0.717, 1.165) is 25.9 Å². The monoisotopic (exact) mass is 209 g/mol. The van der Waals surface area contributed by atoms with E-state index in [1.54, 1.807) is 4.68 Å². The second-order valence-electron chi connectivity index (χ2n) is 3.47. The minimum Gasteiger partial charge on any atom is -0.370 e. The molecule has 0 bridgehead atoms. The van der Waals surface area contributed by atoms with E-state index in [-0.39, 0.29) is 0 Å². The van der Waals surface area contributed by atoms with Gasteiger partial charge in [-0.1, -0.05) is 6.92 Å². The Hall–Kier alpha value is -1.52. The first-order chi connectivity index (χ1) is 7.22. The van der Waals surface area contributed by atoms with Crippen molar-refractivity contribution in [1.82, 2.24) is 15.1 Å². The van der Waals surface area contributed by atoms with Crippen molar-refractivity contribution in [2.45, 2.75) is 19.8 Å². The fourth-order valence-corrected chi connectivity index (χ4v) is 1.22. The molecule has 0 radical (unpaired) electrons. The molecular formula is C10H19N5. The minimum absolute atomic E-state index is 0.528. The summed E-state index contributed by atoms with van der Waals surface area (Å²) in [6.45, 7) is 3.66. The van der Waals surface area contributed by atoms with Gasteiger partial charge in [-0.3, -0.25) is 9.67 Å². The molecule has 0 spiro atoms. The lowest BCUT2D eigenvalue weighted by atomic mass is 10.2. The van der Waals surface area contributed by atoms with Gasteiger partial charge in [-0.2, -0.15) is 5.10 Å². The summed E-state index contributed by atoms with van der Waals surface area (Å²) in [5.41, 5.74) is 6.85. The zero-order valence-electron chi connectivity index (χ0n) is 9.40. The molecule has 0 saturated carbocycles. The lowest BCUT2D eigenvalue weighted by molar-refractivity contribution is 0.766. The Morgan fingerprint density at radius 2 is 2.47 bits per heavy atom. The molecular weight excluding hydrogens is 190 g/mol. The highest BCUT2D eigenvalue weighted by molar-refractivity contribution is 5.77. The van der Waals surface area contributed by atoms with E-state index in [0.29, 0.717) is 5.96 Å². The van der Waals surface area contributed by atoms with Crippen molar-refractivity contribution in [2.75, 3.05) is 13.1 Å². The molecule has 0 aliphatic carbocycles. The Kier molecular flexibility index (Phi) is 4.66. The molecule has 15 heavy (non-hydrogen) atoms. The lowest BCUT2D eigenvalue weighted by Crippen LogP contribution is -2.33. The Morgan fingerprint density at radius 3 is 3.07 bits per heavy atom. The van der Waals surface area contributed by atoms with E-state index in [1.807, 2.05) is 19.4 Å². The van der Waals surface area contributed by atoms with Crippen LogP contribution in [-0.4, -0.2) is 28.8 Å². The summed E-state index contributed by atoms with van der Waals surface area (Å²) >= 11 is 0. The summed E-state index contributed by atoms with van der Waals surface area (Å²) in [6.07, 6.45) is 5.79. The molecule has 5 heteroatoms. The van der Waals surface area contributed by atoms with E-state index in [9.17, 15) is 0 Å². The molecule has 0 aromatic carbocycles. The first-order valence-corrected chi connectivity index (χ1v) is 5.23. The number of nitrogens with two attached hydrogens (primary N) is 1. The molecule has 0 fully saturated rings. The molecule has 1 heterocycles. The molecule has 3 N–H and O–H groups in total. The first kappa shape index (κ1) is 11.6. The van der Waals surface area contributed by atoms with Gasteiger partial charge in [0.05, 0.1) is 6.20 Å². The second kappa shape index (κ2) is 6.06. The molecule has 0 saturated heterocycles. The van der Waals surface area contributed by atoms with Crippen LogP contribution in [0.3, 0.4) is 0 Å². The SMILES string of the molecule is CCCN=C(N)NCCc1cnn(C)c1. The largest absolute Gasteiger partial charge is 0.370 e. The third kappa shape index (κ3) is 4.49. The van der Waals surface area contributed by atoms with Crippen LogP contribution in [0.1, 0.15) is 18.9 Å². The van der Waals surface area contributed by atoms with Crippen molar-refractivity contribution in [2.24, 2.45) is 17.8 Å². The normalized spacial score (nSPS) is 11.7. The number of nitrogens with zero attached hydrogens (tertiary/aromatic N) is 3. The van der Waals surface area contributed by atoms with E-state index in [2.05, 4.69) is 22.3 Å². The highest BCUT2D eigenvalue weighted by Gasteiger charge is 1.96. The third-order valence-corrected chi connectivity index (χ3v) is 1.98. The molecule has 84 valence electrons. The van der Waals surface area contributed by atoms with Crippen LogP contribution < -0.4 is 11.1 Å². The van der Waals surface area contributed by atoms with Gasteiger partial charge in [-0.25, -0.2) is 0 Å². The van der Waals surface area contributed by atoms with Crippen molar-refractivity contribution in [1.29, 1.82) is 0 Å². The molecule has 0 atom stereocenters. The Morgan fingerprint density at radius 1 is 1.67 bits per heavy atom. The van der Waals surface area contributed by atoms with Crippen molar-refractivity contribution >= 4 is 5.96 Å². The summed E-state index contributed by atoms with van der Waals surface area (Å²) in [4.78, 5) is 4.14. The Labute approximate surface area is 90.4 Å². The van der Waals surface area contributed by atoms with E-state index < -0.39 is 0 Å². The van der Waals surface area contributed by atoms with Gasteiger partial charge in [0.25, 0.3) is 0 Å². The van der Waals surface area contributed by atoms with Gasteiger partial charge in [-0.05, 0) is 18.4 Å². The number of aliphatic imine (C=N–C) groups is 1. The number of aromatic nitrogens is 2. The van der Waals surface area contributed by atoms with Crippen LogP contribution in [0.4, 0.5) is 0 Å². The molecule has 1 aromatic rings. The van der Waals surface area contributed by atoms with E-state index in [1.165, 1.54) is 5.56 Å². The fraction of sp³-hybridized carbons (Fsp3) is 0.600. The third-order valence-electron chi connectivity index (χ3n) is 1.98. The maximum atomic E-state index is 5.65. The van der Waals surface area contributed by atoms with Crippen LogP contribution in [0, 0.1) is 0 Å². The molecule has 0 unspecified atom stereocenters. The average Bonchev–Trinajstić information content (AvgIpc) is 2.61. The molecule has 0 aliphatic rings. The summed E-state index contributed by atoms with van der Waals surface area (Å²) in [7, 11) is 1.91. The van der Waals surface area contributed by atoms with Crippen LogP contribution in [0.5, 0.6) is 0 Å². The Balaban J connectivity index is 2.21. The molecule has 0 aliphatic heterocycles. The van der Waals surface area contributed by atoms with Crippen molar-refractivity contribution in [3.8, 4) is 0 Å². The Bertz CT molecular complexity index is 315. The van der Waals surface area contributed by atoms with Crippen LogP contribution in [-0.2, 0) is 13.5 Å². The van der Waals surface area contributed by atoms with Crippen molar-refractivity contribution in [3.05, 3.63) is 18.0 Å². The predicted molar refractivity (Wildman–Crippen MR) is 61.7 cm³/mol. The lowest BCUT2D eigenvalue weighted by Gasteiger charge is -2.03. The van der Waals surface area contributed by atoms with E-state index >= 15 is 0 Å². The van der Waals surface area contributed by atoms with Gasteiger partial charge in [0, 0.05) is 26.3 Å². The van der Waals surface area contributed by atoms with Crippen molar-refractivity contribution < 1.29 is 0 Å². The number of guanidine groups is 1. The number of hydrogen-bond donors (Lipinski definition) is 2. The van der Waals surface area contributed by atoms with Crippen LogP contribution in [0.25, 0.3) is 0 Å². The predicted octanol–water partition coefficient (Wildman–Crippen LogP) is 0.277. The number of hydrogen-bond acceptors (Lipinski definition) is 2. The van der Waals surface area contributed by atoms with Gasteiger partial charge < -0.3 is 11.1 Å². The van der Waals surface area contributed by atoms with Gasteiger partial charge in [0.1, 0.15) is 0 Å². The van der Waals surface area contributed by atoms with Gasteiger partial charge in [0.15, 0.2) is 5.96 Å². The van der Waals surface area contributed by atoms with Gasteiger partial charge >= 0.3 is 0 Å². The summed E-state index contributed by atoms with van der Waals surface area (Å²) in [5, 5.41) is 7.16. The minimum atomic E-state index is 0.528. The maximum absolute atomic E-state index is 5.65. The smallest absolute Gasteiger partial charge is 0.188 e. The van der Waals surface area contributed by atoms with Crippen LogP contribution >= 0.6 is 0 Å². The quantitative estimate of drug-likeness (QED) is 0.540. The average molecular weight is 209 g/mol. The summed E-state index contributed by atoms with van der Waals surface area (Å²) < 4.78 is 1.80. The highest BCUT2D eigenvalue weighted by atomic mass is 15.2. The number of nitrogens with one attached hydrogen (secondary N) is 1. The van der Waals surface area contributed by atoms with Gasteiger partial charge in [-0.15, -0.1) is 0 Å². The topological polar surface area (TPSA) is 68.2 Å². The second-order valence-corrected chi connectivity index (χ2v) is 3.47. The summed E-state index contributed by atoms with van der Waals surface area (Å²) in [6, 6.07) is 0. The van der Waals surface area contributed by atoms with E-state index in [4.69, 9.17) is 5.73 Å². The maximum Gasteiger partial charge on any atom is 0.188 e.